The Morgan fingerprint density at radius 3 is 2.19 bits per heavy atom. The topological polar surface area (TPSA) is 88.5 Å². The summed E-state index contributed by atoms with van der Waals surface area (Å²) in [5.74, 6) is 0.617. The van der Waals surface area contributed by atoms with Gasteiger partial charge in [0.15, 0.2) is 5.09 Å². The number of amides is 1. The standard InChI is InChI=1S/C23H29NO2S.C2H5NO/c1-22(2)10-11-23(3,25)18-13-19(26-21(18)22)27-24-20-16-8-4-6-14(16)12-15-7-5-9-17(15)20;1-2(3)4/h12-13,24-25H,4-11H2,1-3H3;1H3,(H2,3,4). The second kappa shape index (κ2) is 8.21. The predicted molar refractivity (Wildman–Crippen MR) is 125 cm³/mol. The summed E-state index contributed by atoms with van der Waals surface area (Å²) >= 11 is 1.57. The molecule has 1 aromatic carbocycles. The molecular formula is C25H34N2O3S. The van der Waals surface area contributed by atoms with E-state index in [9.17, 15) is 9.90 Å². The molecular weight excluding hydrogens is 408 g/mol. The van der Waals surface area contributed by atoms with Crippen LogP contribution in [0.3, 0.4) is 0 Å². The van der Waals surface area contributed by atoms with Gasteiger partial charge in [-0.3, -0.25) is 4.79 Å². The smallest absolute Gasteiger partial charge is 0.214 e. The zero-order valence-corrected chi connectivity index (χ0v) is 19.9. The molecule has 3 aliphatic carbocycles. The zero-order chi connectivity index (χ0) is 22.4. The van der Waals surface area contributed by atoms with Crippen molar-refractivity contribution < 1.29 is 14.3 Å². The van der Waals surface area contributed by atoms with Crippen molar-refractivity contribution in [1.29, 1.82) is 0 Å². The molecule has 0 spiro atoms. The van der Waals surface area contributed by atoms with Gasteiger partial charge in [0.05, 0.1) is 11.3 Å². The molecule has 0 aliphatic heterocycles. The summed E-state index contributed by atoms with van der Waals surface area (Å²) in [5, 5.41) is 11.7. The van der Waals surface area contributed by atoms with Gasteiger partial charge in [-0.1, -0.05) is 19.9 Å². The van der Waals surface area contributed by atoms with E-state index in [-0.39, 0.29) is 11.3 Å². The van der Waals surface area contributed by atoms with Gasteiger partial charge in [0, 0.05) is 29.9 Å². The number of nitrogens with one attached hydrogen (secondary N) is 1. The van der Waals surface area contributed by atoms with Gasteiger partial charge in [0.25, 0.3) is 0 Å². The second-order valence-corrected chi connectivity index (χ2v) is 10.8. The Morgan fingerprint density at radius 2 is 1.65 bits per heavy atom. The minimum Gasteiger partial charge on any atom is -0.452 e. The van der Waals surface area contributed by atoms with Crippen LogP contribution in [0.5, 0.6) is 0 Å². The fourth-order valence-corrected chi connectivity index (χ4v) is 5.92. The monoisotopic (exact) mass is 442 g/mol. The Morgan fingerprint density at radius 1 is 1.06 bits per heavy atom. The molecule has 1 aromatic heterocycles. The first-order valence-electron chi connectivity index (χ1n) is 11.3. The van der Waals surface area contributed by atoms with E-state index in [1.807, 2.05) is 6.92 Å². The van der Waals surface area contributed by atoms with Crippen molar-refractivity contribution >= 4 is 23.5 Å². The van der Waals surface area contributed by atoms with Gasteiger partial charge in [-0.15, -0.1) is 0 Å². The quantitative estimate of drug-likeness (QED) is 0.572. The molecule has 1 heterocycles. The van der Waals surface area contributed by atoms with Gasteiger partial charge in [-0.05, 0) is 86.6 Å². The van der Waals surface area contributed by atoms with Crippen LogP contribution in [0.25, 0.3) is 0 Å². The molecule has 0 saturated carbocycles. The van der Waals surface area contributed by atoms with Gasteiger partial charge in [-0.25, -0.2) is 0 Å². The molecule has 0 saturated heterocycles. The fourth-order valence-electron chi connectivity index (χ4n) is 5.17. The number of carbonyl (C=O) groups excluding carboxylic acids is 1. The van der Waals surface area contributed by atoms with E-state index in [2.05, 4.69) is 36.4 Å². The number of rotatable bonds is 3. The first-order chi connectivity index (χ1) is 14.6. The Kier molecular flexibility index (Phi) is 5.90. The third-order valence-electron chi connectivity index (χ3n) is 6.87. The summed E-state index contributed by atoms with van der Waals surface area (Å²) in [6, 6.07) is 4.52. The Balaban J connectivity index is 0.000000535. The summed E-state index contributed by atoms with van der Waals surface area (Å²) in [4.78, 5) is 9.22. The summed E-state index contributed by atoms with van der Waals surface area (Å²) in [7, 11) is 0. The number of hydrogen-bond acceptors (Lipinski definition) is 5. The highest BCUT2D eigenvalue weighted by Gasteiger charge is 2.42. The normalized spacial score (nSPS) is 22.7. The van der Waals surface area contributed by atoms with Crippen molar-refractivity contribution in [1.82, 2.24) is 0 Å². The van der Waals surface area contributed by atoms with Crippen molar-refractivity contribution in [2.45, 2.75) is 95.2 Å². The van der Waals surface area contributed by atoms with Crippen molar-refractivity contribution in [2.24, 2.45) is 5.73 Å². The average molecular weight is 443 g/mol. The molecule has 1 amide bonds. The van der Waals surface area contributed by atoms with Crippen LogP contribution in [0.2, 0.25) is 0 Å². The molecule has 1 atom stereocenters. The van der Waals surface area contributed by atoms with E-state index in [1.165, 1.54) is 62.3 Å². The third-order valence-corrected chi connectivity index (χ3v) is 7.58. The number of carbonyl (C=O) groups is 1. The highest BCUT2D eigenvalue weighted by Crippen LogP contribution is 2.48. The van der Waals surface area contributed by atoms with Gasteiger partial charge in [0.2, 0.25) is 5.91 Å². The number of hydrogen-bond donors (Lipinski definition) is 3. The van der Waals surface area contributed by atoms with Crippen LogP contribution >= 0.6 is 11.9 Å². The Bertz CT molecular complexity index is 937. The van der Waals surface area contributed by atoms with Gasteiger partial charge >= 0.3 is 0 Å². The SMILES string of the molecule is CC(N)=O.CC1(C)CCC(C)(O)c2cc(SNc3c4c(cc5c3CCC5)CCC4)oc21. The van der Waals surface area contributed by atoms with E-state index in [0.717, 1.165) is 29.3 Å². The summed E-state index contributed by atoms with van der Waals surface area (Å²) in [5.41, 5.74) is 12.1. The van der Waals surface area contributed by atoms with Crippen LogP contribution in [0, 0.1) is 0 Å². The molecule has 5 nitrogen and oxygen atoms in total. The molecule has 2 aromatic rings. The van der Waals surface area contributed by atoms with E-state index in [4.69, 9.17) is 4.42 Å². The maximum absolute atomic E-state index is 10.8. The van der Waals surface area contributed by atoms with Crippen molar-refractivity contribution in [2.75, 3.05) is 4.72 Å². The van der Waals surface area contributed by atoms with Crippen LogP contribution in [-0.2, 0) is 41.5 Å². The second-order valence-electron chi connectivity index (χ2n) is 10.0. The highest BCUT2D eigenvalue weighted by molar-refractivity contribution is 8.00. The first kappa shape index (κ1) is 22.3. The van der Waals surface area contributed by atoms with Crippen molar-refractivity contribution in [3.05, 3.63) is 45.7 Å². The number of primary amides is 1. The number of aryl methyl sites for hydroxylation is 2. The maximum Gasteiger partial charge on any atom is 0.214 e. The van der Waals surface area contributed by atoms with Crippen LogP contribution in [0.4, 0.5) is 5.69 Å². The Hall–Kier alpha value is -1.92. The van der Waals surface area contributed by atoms with Crippen LogP contribution in [-0.4, -0.2) is 11.0 Å². The molecule has 3 aliphatic rings. The van der Waals surface area contributed by atoms with Gasteiger partial charge in [-0.2, -0.15) is 0 Å². The molecule has 4 N–H and O–H groups in total. The lowest BCUT2D eigenvalue weighted by molar-refractivity contribution is -0.115. The van der Waals surface area contributed by atoms with Crippen molar-refractivity contribution in [3.8, 4) is 0 Å². The lowest BCUT2D eigenvalue weighted by Crippen LogP contribution is -2.34. The molecule has 1 unspecified atom stereocenters. The predicted octanol–water partition coefficient (Wildman–Crippen LogP) is 5.15. The zero-order valence-electron chi connectivity index (χ0n) is 19.1. The molecule has 0 fully saturated rings. The number of fused-ring (bicyclic) bond motifs is 3. The minimum atomic E-state index is -0.789. The number of aliphatic hydroxyl groups is 1. The van der Waals surface area contributed by atoms with Crippen LogP contribution in [0.15, 0.2) is 21.6 Å². The molecule has 168 valence electrons. The molecule has 0 bridgehead atoms. The lowest BCUT2D eigenvalue weighted by atomic mass is 9.71. The Labute approximate surface area is 189 Å². The average Bonchev–Trinajstić information content (AvgIpc) is 3.41. The van der Waals surface area contributed by atoms with Gasteiger partial charge in [0.1, 0.15) is 5.76 Å². The van der Waals surface area contributed by atoms with Crippen LogP contribution in [0.1, 0.15) is 87.0 Å². The number of benzene rings is 1. The fraction of sp³-hybridized carbons (Fsp3) is 0.560. The minimum absolute atomic E-state index is 0.0222. The highest BCUT2D eigenvalue weighted by atomic mass is 32.2. The number of nitrogens with two attached hydrogens (primary N) is 1. The van der Waals surface area contributed by atoms with Crippen molar-refractivity contribution in [3.63, 3.8) is 0 Å². The molecule has 5 rings (SSSR count). The summed E-state index contributed by atoms with van der Waals surface area (Å²) < 4.78 is 9.92. The molecule has 31 heavy (non-hydrogen) atoms. The largest absolute Gasteiger partial charge is 0.452 e. The van der Waals surface area contributed by atoms with Crippen LogP contribution < -0.4 is 10.5 Å². The lowest BCUT2D eigenvalue weighted by Gasteiger charge is -2.36. The first-order valence-corrected chi connectivity index (χ1v) is 12.1. The number of anilines is 1. The van der Waals surface area contributed by atoms with E-state index in [0.29, 0.717) is 0 Å². The van der Waals surface area contributed by atoms with Gasteiger partial charge < -0.3 is 20.0 Å². The molecule has 6 heteroatoms. The summed E-state index contributed by atoms with van der Waals surface area (Å²) in [6.45, 7) is 7.64. The van der Waals surface area contributed by atoms with E-state index >= 15 is 0 Å². The van der Waals surface area contributed by atoms with E-state index in [1.54, 1.807) is 23.1 Å². The summed E-state index contributed by atoms with van der Waals surface area (Å²) in [6.07, 6.45) is 9.06. The van der Waals surface area contributed by atoms with E-state index < -0.39 is 5.60 Å². The maximum atomic E-state index is 10.8. The molecule has 0 radical (unpaired) electrons. The third kappa shape index (κ3) is 4.37. The number of furan rings is 1.